The third-order valence-corrected chi connectivity index (χ3v) is 3.22. The number of amides is 1. The zero-order valence-electron chi connectivity index (χ0n) is 14.3. The molecule has 1 N–H and O–H groups in total. The number of aromatic nitrogens is 3. The van der Waals surface area contributed by atoms with Crippen LogP contribution in [-0.4, -0.2) is 71.9 Å². The Balaban J connectivity index is 2.00. The Morgan fingerprint density at radius 1 is 1.13 bits per heavy atom. The van der Waals surface area contributed by atoms with Crippen molar-refractivity contribution in [2.45, 2.75) is 26.4 Å². The van der Waals surface area contributed by atoms with E-state index >= 15 is 0 Å². The Hall–Kier alpha value is -2.32. The summed E-state index contributed by atoms with van der Waals surface area (Å²) in [4.78, 5) is 28.4. The lowest BCUT2D eigenvalue weighted by Crippen LogP contribution is -2.50. The summed E-state index contributed by atoms with van der Waals surface area (Å²) < 4.78 is 10.5. The summed E-state index contributed by atoms with van der Waals surface area (Å²) in [6.45, 7) is 7.92. The summed E-state index contributed by atoms with van der Waals surface area (Å²) in [6, 6.07) is 0.258. The van der Waals surface area contributed by atoms with Crippen molar-refractivity contribution < 1.29 is 14.3 Å². The van der Waals surface area contributed by atoms with E-state index in [2.05, 4.69) is 20.3 Å². The Kier molecular flexibility index (Phi) is 5.07. The summed E-state index contributed by atoms with van der Waals surface area (Å²) >= 11 is 0. The van der Waals surface area contributed by atoms with Gasteiger partial charge in [-0.1, -0.05) is 0 Å². The molecule has 0 unspecified atom stereocenters. The topological polar surface area (TPSA) is 92.7 Å². The molecule has 0 aliphatic carbocycles. The molecule has 128 valence electrons. The van der Waals surface area contributed by atoms with E-state index < -0.39 is 5.60 Å². The number of nitrogens with zero attached hydrogens (tertiary/aromatic N) is 5. The molecule has 0 atom stereocenters. The Morgan fingerprint density at radius 2 is 1.78 bits per heavy atom. The van der Waals surface area contributed by atoms with Gasteiger partial charge >= 0.3 is 12.1 Å². The van der Waals surface area contributed by atoms with E-state index in [0.29, 0.717) is 38.1 Å². The van der Waals surface area contributed by atoms with Crippen LogP contribution in [0.1, 0.15) is 20.8 Å². The second-order valence-corrected chi connectivity index (χ2v) is 6.15. The highest BCUT2D eigenvalue weighted by molar-refractivity contribution is 5.68. The van der Waals surface area contributed by atoms with Gasteiger partial charge in [-0.15, -0.1) is 0 Å². The van der Waals surface area contributed by atoms with Crippen LogP contribution in [0.25, 0.3) is 0 Å². The number of carbonyl (C=O) groups is 1. The number of ether oxygens (including phenoxy) is 2. The van der Waals surface area contributed by atoms with E-state index in [-0.39, 0.29) is 12.1 Å². The van der Waals surface area contributed by atoms with Crippen molar-refractivity contribution >= 4 is 18.0 Å². The van der Waals surface area contributed by atoms with Crippen molar-refractivity contribution in [2.24, 2.45) is 0 Å². The Bertz CT molecular complexity index is 530. The van der Waals surface area contributed by atoms with Gasteiger partial charge in [-0.2, -0.15) is 15.0 Å². The molecule has 1 fully saturated rings. The van der Waals surface area contributed by atoms with Gasteiger partial charge < -0.3 is 24.6 Å². The molecule has 9 heteroatoms. The highest BCUT2D eigenvalue weighted by Crippen LogP contribution is 2.17. The van der Waals surface area contributed by atoms with Crippen LogP contribution in [0.5, 0.6) is 6.01 Å². The van der Waals surface area contributed by atoms with E-state index in [9.17, 15) is 4.79 Å². The van der Waals surface area contributed by atoms with Crippen LogP contribution in [0.2, 0.25) is 0 Å². The standard InChI is InChI=1S/C14H24N6O3/c1-14(2,3)23-13(21)20-8-6-19(7-9-20)11-16-10(15-4)17-12(18-11)22-5/h6-9H2,1-5H3,(H,15,16,17,18). The van der Waals surface area contributed by atoms with Crippen LogP contribution in [0.15, 0.2) is 0 Å². The van der Waals surface area contributed by atoms with Gasteiger partial charge in [0.25, 0.3) is 0 Å². The Labute approximate surface area is 136 Å². The molecule has 9 nitrogen and oxygen atoms in total. The molecule has 0 saturated carbocycles. The molecule has 2 heterocycles. The van der Waals surface area contributed by atoms with Gasteiger partial charge in [-0.25, -0.2) is 4.79 Å². The molecule has 0 aromatic carbocycles. The van der Waals surface area contributed by atoms with Gasteiger partial charge in [0.15, 0.2) is 0 Å². The highest BCUT2D eigenvalue weighted by Gasteiger charge is 2.27. The molecule has 2 rings (SSSR count). The first kappa shape index (κ1) is 17.0. The molecule has 23 heavy (non-hydrogen) atoms. The molecule has 1 aliphatic heterocycles. The zero-order chi connectivity index (χ0) is 17.0. The van der Waals surface area contributed by atoms with Crippen LogP contribution < -0.4 is 15.0 Å². The van der Waals surface area contributed by atoms with Crippen LogP contribution >= 0.6 is 0 Å². The summed E-state index contributed by atoms with van der Waals surface area (Å²) in [5.41, 5.74) is -0.489. The number of anilines is 2. The number of rotatable bonds is 3. The van der Waals surface area contributed by atoms with Crippen molar-refractivity contribution in [2.75, 3.05) is 50.6 Å². The van der Waals surface area contributed by atoms with Crippen molar-refractivity contribution in [3.63, 3.8) is 0 Å². The molecule has 1 aromatic heterocycles. The van der Waals surface area contributed by atoms with E-state index in [1.54, 1.807) is 11.9 Å². The first-order valence-electron chi connectivity index (χ1n) is 7.53. The Morgan fingerprint density at radius 3 is 2.30 bits per heavy atom. The molecule has 0 spiro atoms. The monoisotopic (exact) mass is 324 g/mol. The SMILES string of the molecule is CNc1nc(OC)nc(N2CCN(C(=O)OC(C)(C)C)CC2)n1. The average molecular weight is 324 g/mol. The summed E-state index contributed by atoms with van der Waals surface area (Å²) in [6.07, 6.45) is -0.290. The van der Waals surface area contributed by atoms with Crippen LogP contribution in [-0.2, 0) is 4.74 Å². The van der Waals surface area contributed by atoms with Gasteiger partial charge in [-0.3, -0.25) is 0 Å². The quantitative estimate of drug-likeness (QED) is 0.879. The van der Waals surface area contributed by atoms with Gasteiger partial charge in [-0.05, 0) is 20.8 Å². The van der Waals surface area contributed by atoms with E-state index in [0.717, 1.165) is 0 Å². The van der Waals surface area contributed by atoms with Crippen LogP contribution in [0, 0.1) is 0 Å². The number of hydrogen-bond acceptors (Lipinski definition) is 8. The number of carbonyl (C=O) groups excluding carboxylic acids is 1. The minimum atomic E-state index is -0.489. The van der Waals surface area contributed by atoms with Crippen molar-refractivity contribution in [3.05, 3.63) is 0 Å². The summed E-state index contributed by atoms with van der Waals surface area (Å²) in [5, 5.41) is 2.88. The van der Waals surface area contributed by atoms with Crippen LogP contribution in [0.4, 0.5) is 16.7 Å². The normalized spacial score (nSPS) is 15.3. The van der Waals surface area contributed by atoms with Gasteiger partial charge in [0.05, 0.1) is 7.11 Å². The van der Waals surface area contributed by atoms with Gasteiger partial charge in [0.2, 0.25) is 11.9 Å². The second kappa shape index (κ2) is 6.84. The highest BCUT2D eigenvalue weighted by atomic mass is 16.6. The van der Waals surface area contributed by atoms with E-state index in [1.165, 1.54) is 7.11 Å². The fraction of sp³-hybridized carbons (Fsp3) is 0.714. The second-order valence-electron chi connectivity index (χ2n) is 6.15. The smallest absolute Gasteiger partial charge is 0.410 e. The maximum absolute atomic E-state index is 12.1. The maximum atomic E-state index is 12.1. The molecule has 0 radical (unpaired) electrons. The molecular formula is C14H24N6O3. The minimum Gasteiger partial charge on any atom is -0.467 e. The fourth-order valence-electron chi connectivity index (χ4n) is 2.11. The predicted octanol–water partition coefficient (Wildman–Crippen LogP) is 0.979. The third kappa shape index (κ3) is 4.57. The first-order chi connectivity index (χ1) is 10.8. The number of nitrogens with one attached hydrogen (secondary N) is 1. The summed E-state index contributed by atoms with van der Waals surface area (Å²) in [7, 11) is 3.25. The molecule has 1 aliphatic rings. The fourth-order valence-corrected chi connectivity index (χ4v) is 2.11. The number of piperazine rings is 1. The van der Waals surface area contributed by atoms with Crippen molar-refractivity contribution in [3.8, 4) is 6.01 Å². The number of methoxy groups -OCH3 is 1. The molecule has 1 aromatic rings. The predicted molar refractivity (Wildman–Crippen MR) is 85.9 cm³/mol. The largest absolute Gasteiger partial charge is 0.467 e. The molecule has 0 bridgehead atoms. The van der Waals surface area contributed by atoms with Gasteiger partial charge in [0.1, 0.15) is 5.60 Å². The average Bonchev–Trinajstić information content (AvgIpc) is 2.52. The third-order valence-electron chi connectivity index (χ3n) is 3.22. The molecule has 1 amide bonds. The lowest BCUT2D eigenvalue weighted by molar-refractivity contribution is 0.0240. The van der Waals surface area contributed by atoms with Crippen molar-refractivity contribution in [1.82, 2.24) is 19.9 Å². The van der Waals surface area contributed by atoms with Crippen molar-refractivity contribution in [1.29, 1.82) is 0 Å². The summed E-state index contributed by atoms with van der Waals surface area (Å²) in [5.74, 6) is 0.978. The first-order valence-corrected chi connectivity index (χ1v) is 7.53. The number of hydrogen-bond donors (Lipinski definition) is 1. The molecule has 1 saturated heterocycles. The van der Waals surface area contributed by atoms with E-state index in [4.69, 9.17) is 9.47 Å². The maximum Gasteiger partial charge on any atom is 0.410 e. The molecular weight excluding hydrogens is 300 g/mol. The zero-order valence-corrected chi connectivity index (χ0v) is 14.3. The lowest BCUT2D eigenvalue weighted by Gasteiger charge is -2.35. The lowest BCUT2D eigenvalue weighted by atomic mass is 10.2. The van der Waals surface area contributed by atoms with Gasteiger partial charge in [0, 0.05) is 33.2 Å². The van der Waals surface area contributed by atoms with E-state index in [1.807, 2.05) is 25.7 Å². The minimum absolute atomic E-state index is 0.258. The van der Waals surface area contributed by atoms with Crippen LogP contribution in [0.3, 0.4) is 0 Å².